The van der Waals surface area contributed by atoms with Gasteiger partial charge in [0.05, 0.1) is 11.3 Å². The van der Waals surface area contributed by atoms with Crippen molar-refractivity contribution in [3.63, 3.8) is 0 Å². The van der Waals surface area contributed by atoms with Crippen LogP contribution in [0.1, 0.15) is 35.0 Å². The van der Waals surface area contributed by atoms with E-state index in [0.29, 0.717) is 5.56 Å². The highest BCUT2D eigenvalue weighted by Gasteiger charge is 2.23. The van der Waals surface area contributed by atoms with E-state index in [4.69, 9.17) is 0 Å². The topological polar surface area (TPSA) is 60.5 Å². The number of nitrogens with zero attached hydrogens (tertiary/aromatic N) is 2. The van der Waals surface area contributed by atoms with Gasteiger partial charge in [0, 0.05) is 28.7 Å². The first kappa shape index (κ1) is 13.8. The van der Waals surface area contributed by atoms with E-state index in [1.165, 1.54) is 0 Å². The van der Waals surface area contributed by atoms with Crippen LogP contribution < -0.4 is 5.43 Å². The molecule has 0 bridgehead atoms. The van der Waals surface area contributed by atoms with Crippen LogP contribution in [-0.2, 0) is 0 Å². The summed E-state index contributed by atoms with van der Waals surface area (Å²) in [4.78, 5) is 17.8. The number of nitrogens with one attached hydrogen (secondary N) is 2. The van der Waals surface area contributed by atoms with Gasteiger partial charge in [-0.25, -0.2) is 5.43 Å². The van der Waals surface area contributed by atoms with Gasteiger partial charge >= 0.3 is 0 Å². The first-order chi connectivity index (χ1) is 10.1. The normalized spacial score (nSPS) is 14.3. The lowest BCUT2D eigenvalue weighted by atomic mass is 10.0. The van der Waals surface area contributed by atoms with Gasteiger partial charge in [0.1, 0.15) is 0 Å². The third-order valence-corrected chi connectivity index (χ3v) is 3.86. The molecule has 3 rings (SSSR count). The van der Waals surface area contributed by atoms with Crippen molar-refractivity contribution in [2.75, 3.05) is 20.1 Å². The van der Waals surface area contributed by atoms with Gasteiger partial charge in [0.2, 0.25) is 0 Å². The minimum atomic E-state index is -0.144. The van der Waals surface area contributed by atoms with Gasteiger partial charge in [-0.2, -0.15) is 5.10 Å². The zero-order valence-electron chi connectivity index (χ0n) is 12.7. The van der Waals surface area contributed by atoms with E-state index in [-0.39, 0.29) is 5.91 Å². The highest BCUT2D eigenvalue weighted by molar-refractivity contribution is 6.20. The average molecular weight is 284 g/mol. The van der Waals surface area contributed by atoms with Crippen LogP contribution in [0.2, 0.25) is 0 Å². The molecule has 1 aromatic carbocycles. The van der Waals surface area contributed by atoms with Gasteiger partial charge in [-0.05, 0) is 39.1 Å². The molecular formula is C16H20N4O. The quantitative estimate of drug-likeness (QED) is 0.904. The van der Waals surface area contributed by atoms with Gasteiger partial charge in [0.15, 0.2) is 0 Å². The van der Waals surface area contributed by atoms with Crippen LogP contribution in [-0.4, -0.2) is 41.6 Å². The number of aromatic nitrogens is 1. The monoisotopic (exact) mass is 284 g/mol. The van der Waals surface area contributed by atoms with Crippen LogP contribution in [0.3, 0.4) is 0 Å². The van der Waals surface area contributed by atoms with Crippen molar-refractivity contribution in [2.45, 2.75) is 20.3 Å². The summed E-state index contributed by atoms with van der Waals surface area (Å²) in [5, 5.41) is 5.33. The largest absolute Gasteiger partial charge is 0.358 e. The number of hydrogen-bond acceptors (Lipinski definition) is 3. The molecule has 0 atom stereocenters. The second-order valence-electron chi connectivity index (χ2n) is 5.59. The van der Waals surface area contributed by atoms with Crippen molar-refractivity contribution >= 4 is 22.5 Å². The molecule has 21 heavy (non-hydrogen) atoms. The molecule has 0 spiro atoms. The van der Waals surface area contributed by atoms with Gasteiger partial charge in [-0.3, -0.25) is 4.79 Å². The number of hydrazone groups is 1. The molecule has 0 saturated heterocycles. The van der Waals surface area contributed by atoms with Crippen LogP contribution in [0.5, 0.6) is 0 Å². The predicted molar refractivity (Wildman–Crippen MR) is 84.8 cm³/mol. The van der Waals surface area contributed by atoms with Crippen molar-refractivity contribution in [3.8, 4) is 0 Å². The molecule has 0 radical (unpaired) electrons. The molecule has 2 aromatic rings. The maximum atomic E-state index is 12.2. The van der Waals surface area contributed by atoms with Crippen molar-refractivity contribution in [2.24, 2.45) is 5.10 Å². The molecule has 0 unspecified atom stereocenters. The number of likely N-dealkylation sites (N-methyl/N-ethyl adjacent to an activating group) is 1. The summed E-state index contributed by atoms with van der Waals surface area (Å²) in [5.74, 6) is -0.144. The van der Waals surface area contributed by atoms with E-state index in [2.05, 4.69) is 34.4 Å². The lowest BCUT2D eigenvalue weighted by Gasteiger charge is -2.16. The Hall–Kier alpha value is -2.14. The lowest BCUT2D eigenvalue weighted by Crippen LogP contribution is -2.29. The first-order valence-corrected chi connectivity index (χ1v) is 7.29. The zero-order valence-corrected chi connectivity index (χ0v) is 12.7. The Morgan fingerprint density at radius 1 is 1.33 bits per heavy atom. The first-order valence-electron chi connectivity index (χ1n) is 7.29. The van der Waals surface area contributed by atoms with Gasteiger partial charge in [-0.1, -0.05) is 13.0 Å². The fourth-order valence-corrected chi connectivity index (χ4v) is 2.99. The highest BCUT2D eigenvalue weighted by atomic mass is 16.2. The summed E-state index contributed by atoms with van der Waals surface area (Å²) in [5.41, 5.74) is 7.36. The molecule has 1 aliphatic heterocycles. The minimum Gasteiger partial charge on any atom is -0.358 e. The number of H-pyrrole nitrogens is 1. The maximum Gasteiger partial charge on any atom is 0.272 e. The van der Waals surface area contributed by atoms with E-state index in [1.807, 2.05) is 25.1 Å². The highest BCUT2D eigenvalue weighted by Crippen LogP contribution is 2.28. The fourth-order valence-electron chi connectivity index (χ4n) is 2.99. The number of aromatic amines is 1. The molecular weight excluding hydrogens is 264 g/mol. The summed E-state index contributed by atoms with van der Waals surface area (Å²) < 4.78 is 0. The summed E-state index contributed by atoms with van der Waals surface area (Å²) in [6.07, 6.45) is 1.09. The maximum absolute atomic E-state index is 12.2. The number of carbonyl (C=O) groups is 1. The SMILES string of the molecule is CCCN(C)CC1=NNC(=O)c2cccc3[nH]c(C)c1c23. The summed E-state index contributed by atoms with van der Waals surface area (Å²) in [6.45, 7) is 5.91. The fraction of sp³-hybridized carbons (Fsp3) is 0.375. The van der Waals surface area contributed by atoms with Crippen molar-refractivity contribution in [1.29, 1.82) is 0 Å². The number of rotatable bonds is 4. The smallest absolute Gasteiger partial charge is 0.272 e. The van der Waals surface area contributed by atoms with Gasteiger partial charge < -0.3 is 9.88 Å². The standard InChI is InChI=1S/C16H20N4O/c1-4-8-20(3)9-13-14-10(2)17-12-7-5-6-11(15(12)14)16(21)19-18-13/h5-7,17H,4,8-9H2,1-3H3,(H,19,21). The second kappa shape index (κ2) is 5.33. The van der Waals surface area contributed by atoms with Crippen molar-refractivity contribution in [3.05, 3.63) is 35.0 Å². The van der Waals surface area contributed by atoms with Crippen LogP contribution in [0, 0.1) is 6.92 Å². The number of aryl methyl sites for hydroxylation is 1. The molecule has 2 heterocycles. The number of amides is 1. The molecule has 0 fully saturated rings. The number of benzene rings is 1. The molecule has 0 aliphatic carbocycles. The summed E-state index contributed by atoms with van der Waals surface area (Å²) in [7, 11) is 2.07. The molecule has 5 heteroatoms. The Morgan fingerprint density at radius 2 is 2.14 bits per heavy atom. The molecule has 2 N–H and O–H groups in total. The minimum absolute atomic E-state index is 0.144. The van der Waals surface area contributed by atoms with Crippen LogP contribution >= 0.6 is 0 Å². The number of carbonyl (C=O) groups excluding carboxylic acids is 1. The Bertz CT molecular complexity index is 729. The van der Waals surface area contributed by atoms with Gasteiger partial charge in [0.25, 0.3) is 5.91 Å². The molecule has 1 amide bonds. The third-order valence-electron chi connectivity index (χ3n) is 3.86. The van der Waals surface area contributed by atoms with Crippen LogP contribution in [0.15, 0.2) is 23.3 Å². The van der Waals surface area contributed by atoms with Gasteiger partial charge in [-0.15, -0.1) is 0 Å². The van der Waals surface area contributed by atoms with E-state index < -0.39 is 0 Å². The Balaban J connectivity index is 2.14. The molecule has 5 nitrogen and oxygen atoms in total. The second-order valence-corrected chi connectivity index (χ2v) is 5.59. The predicted octanol–water partition coefficient (Wildman–Crippen LogP) is 2.27. The molecule has 1 aromatic heterocycles. The van der Waals surface area contributed by atoms with E-state index >= 15 is 0 Å². The average Bonchev–Trinajstić information content (AvgIpc) is 2.71. The lowest BCUT2D eigenvalue weighted by molar-refractivity contribution is 0.0957. The molecule has 1 aliphatic rings. The zero-order chi connectivity index (χ0) is 15.0. The van der Waals surface area contributed by atoms with Crippen molar-refractivity contribution < 1.29 is 4.79 Å². The Kier molecular flexibility index (Phi) is 3.51. The van der Waals surface area contributed by atoms with E-state index in [0.717, 1.165) is 47.4 Å². The number of hydrogen-bond donors (Lipinski definition) is 2. The summed E-state index contributed by atoms with van der Waals surface area (Å²) in [6, 6.07) is 5.75. The van der Waals surface area contributed by atoms with E-state index in [9.17, 15) is 4.79 Å². The molecule has 110 valence electrons. The van der Waals surface area contributed by atoms with E-state index in [1.54, 1.807) is 0 Å². The summed E-state index contributed by atoms with van der Waals surface area (Å²) >= 11 is 0. The van der Waals surface area contributed by atoms with Crippen LogP contribution in [0.25, 0.3) is 10.9 Å². The molecule has 0 saturated carbocycles. The third kappa shape index (κ3) is 2.34. The Labute approximate surface area is 124 Å². The van der Waals surface area contributed by atoms with Crippen LogP contribution in [0.4, 0.5) is 0 Å². The Morgan fingerprint density at radius 3 is 2.90 bits per heavy atom. The van der Waals surface area contributed by atoms with Crippen molar-refractivity contribution in [1.82, 2.24) is 15.3 Å².